The molecule has 0 fully saturated rings. The first kappa shape index (κ1) is 26.8. The van der Waals surface area contributed by atoms with Crippen LogP contribution in [0.4, 0.5) is 5.69 Å². The Bertz CT molecular complexity index is 1330. The van der Waals surface area contributed by atoms with Crippen molar-refractivity contribution >= 4 is 28.5 Å². The van der Waals surface area contributed by atoms with Crippen LogP contribution < -0.4 is 15.0 Å². The van der Waals surface area contributed by atoms with E-state index in [1.165, 1.54) is 0 Å². The second-order valence-electron chi connectivity index (χ2n) is 9.53. The Balaban J connectivity index is 1.40. The van der Waals surface area contributed by atoms with E-state index in [4.69, 9.17) is 14.3 Å². The van der Waals surface area contributed by atoms with E-state index in [1.807, 2.05) is 66.7 Å². The highest BCUT2D eigenvalue weighted by atomic mass is 16.5. The zero-order valence-corrected chi connectivity index (χ0v) is 22.0. The molecule has 0 spiro atoms. The van der Waals surface area contributed by atoms with Crippen LogP contribution in [-0.2, 0) is 4.79 Å². The fourth-order valence-corrected chi connectivity index (χ4v) is 4.46. The van der Waals surface area contributed by atoms with Crippen molar-refractivity contribution in [3.05, 3.63) is 84.4 Å². The highest BCUT2D eigenvalue weighted by Crippen LogP contribution is 2.29. The number of aliphatic carboxylic acids is 1. The first-order valence-electron chi connectivity index (χ1n) is 12.9. The maximum Gasteiger partial charge on any atom is 0.305 e. The minimum Gasteiger partial charge on any atom is -0.491 e. The van der Waals surface area contributed by atoms with Crippen molar-refractivity contribution in [1.82, 2.24) is 5.32 Å². The topological polar surface area (TPSA) is 92.0 Å². The third kappa shape index (κ3) is 6.54. The molecule has 1 amide bonds. The number of likely N-dealkylation sites (N-methyl/N-ethyl adjacent to an activating group) is 1. The second-order valence-corrected chi connectivity index (χ2v) is 9.53. The van der Waals surface area contributed by atoms with E-state index in [2.05, 4.69) is 31.0 Å². The van der Waals surface area contributed by atoms with E-state index < -0.39 is 5.97 Å². The number of hydrogen-bond donors (Lipinski definition) is 2. The largest absolute Gasteiger partial charge is 0.491 e. The summed E-state index contributed by atoms with van der Waals surface area (Å²) in [6, 6.07) is 25.5. The summed E-state index contributed by atoms with van der Waals surface area (Å²) in [6.45, 7) is 7.83. The van der Waals surface area contributed by atoms with Crippen LogP contribution in [0.1, 0.15) is 37.6 Å². The van der Waals surface area contributed by atoms with Crippen molar-refractivity contribution in [2.45, 2.75) is 33.2 Å². The van der Waals surface area contributed by atoms with Gasteiger partial charge in [0.2, 0.25) is 0 Å². The van der Waals surface area contributed by atoms with Gasteiger partial charge in [-0.1, -0.05) is 32.0 Å². The number of hydrogen-bond acceptors (Lipinski definition) is 5. The molecule has 0 aliphatic carbocycles. The molecule has 0 saturated carbocycles. The summed E-state index contributed by atoms with van der Waals surface area (Å²) in [7, 11) is 0. The van der Waals surface area contributed by atoms with Crippen LogP contribution in [-0.4, -0.2) is 42.7 Å². The predicted octanol–water partition coefficient (Wildman–Crippen LogP) is 6.23. The van der Waals surface area contributed by atoms with Gasteiger partial charge in [0.05, 0.1) is 12.5 Å². The van der Waals surface area contributed by atoms with Crippen LogP contribution in [0.15, 0.2) is 83.3 Å². The molecule has 38 heavy (non-hydrogen) atoms. The van der Waals surface area contributed by atoms with Gasteiger partial charge in [0.15, 0.2) is 0 Å². The quantitative estimate of drug-likeness (QED) is 0.233. The monoisotopic (exact) mass is 514 g/mol. The van der Waals surface area contributed by atoms with Gasteiger partial charge < -0.3 is 24.5 Å². The van der Waals surface area contributed by atoms with Gasteiger partial charge in [-0.3, -0.25) is 9.59 Å². The van der Waals surface area contributed by atoms with Gasteiger partial charge >= 0.3 is 5.97 Å². The first-order valence-corrected chi connectivity index (χ1v) is 12.9. The summed E-state index contributed by atoms with van der Waals surface area (Å²) < 4.78 is 12.2. The molecule has 198 valence electrons. The van der Waals surface area contributed by atoms with Gasteiger partial charge in [-0.05, 0) is 73.5 Å². The molecule has 4 rings (SSSR count). The van der Waals surface area contributed by atoms with E-state index >= 15 is 0 Å². The molecule has 7 heteroatoms. The number of carboxylic acids is 1. The molecule has 3 aromatic carbocycles. The lowest BCUT2D eigenvalue weighted by molar-refractivity contribution is -0.136. The normalized spacial score (nSPS) is 11.9. The number of para-hydroxylation sites is 1. The fourth-order valence-electron chi connectivity index (χ4n) is 4.46. The van der Waals surface area contributed by atoms with E-state index in [9.17, 15) is 9.59 Å². The standard InChI is InChI=1S/C31H34N2O5/c1-4-33(25-13-9-23(10-14-25)31(36)32-18-17-30(34)35)27(21(2)3)20-37-26-15-11-22(12-16-26)29-19-24-7-5-6-8-28(24)38-29/h5-16,19,21,27H,4,17-18,20H2,1-3H3,(H,32,36)(H,34,35)/t27-/m1/s1. The van der Waals surface area contributed by atoms with Crippen LogP contribution in [0.2, 0.25) is 0 Å². The van der Waals surface area contributed by atoms with Gasteiger partial charge in [-0.15, -0.1) is 0 Å². The molecule has 0 aliphatic heterocycles. The van der Waals surface area contributed by atoms with E-state index in [0.717, 1.165) is 40.3 Å². The molecular formula is C31H34N2O5. The lowest BCUT2D eigenvalue weighted by Crippen LogP contribution is -2.43. The first-order chi connectivity index (χ1) is 18.4. The van der Waals surface area contributed by atoms with Gasteiger partial charge in [0.1, 0.15) is 23.7 Å². The molecule has 0 aliphatic rings. The van der Waals surface area contributed by atoms with Gasteiger partial charge in [-0.25, -0.2) is 0 Å². The lowest BCUT2D eigenvalue weighted by atomic mass is 10.0. The highest BCUT2D eigenvalue weighted by molar-refractivity contribution is 5.94. The van der Waals surface area contributed by atoms with Crippen LogP contribution in [0.25, 0.3) is 22.3 Å². The zero-order valence-electron chi connectivity index (χ0n) is 22.0. The minimum atomic E-state index is -0.941. The molecular weight excluding hydrogens is 480 g/mol. The average molecular weight is 515 g/mol. The Hall–Kier alpha value is -4.26. The summed E-state index contributed by atoms with van der Waals surface area (Å²) >= 11 is 0. The molecule has 0 radical (unpaired) electrons. The van der Waals surface area contributed by atoms with Crippen molar-refractivity contribution in [2.75, 3.05) is 24.6 Å². The predicted molar refractivity (Wildman–Crippen MR) is 150 cm³/mol. The maximum atomic E-state index is 12.3. The van der Waals surface area contributed by atoms with E-state index in [-0.39, 0.29) is 24.9 Å². The molecule has 7 nitrogen and oxygen atoms in total. The Morgan fingerprint density at radius 1 is 1.00 bits per heavy atom. The third-order valence-electron chi connectivity index (χ3n) is 6.58. The van der Waals surface area contributed by atoms with Crippen molar-refractivity contribution in [3.8, 4) is 17.1 Å². The zero-order chi connectivity index (χ0) is 27.1. The van der Waals surface area contributed by atoms with Crippen LogP contribution in [0.3, 0.4) is 0 Å². The Morgan fingerprint density at radius 2 is 1.71 bits per heavy atom. The highest BCUT2D eigenvalue weighted by Gasteiger charge is 2.22. The van der Waals surface area contributed by atoms with Crippen molar-refractivity contribution in [1.29, 1.82) is 0 Å². The Kier molecular flexibility index (Phi) is 8.69. The molecule has 1 aromatic heterocycles. The van der Waals surface area contributed by atoms with Crippen LogP contribution in [0, 0.1) is 5.92 Å². The van der Waals surface area contributed by atoms with Crippen molar-refractivity contribution < 1.29 is 23.8 Å². The fraction of sp³-hybridized carbons (Fsp3) is 0.290. The summed E-state index contributed by atoms with van der Waals surface area (Å²) in [6.07, 6.45) is -0.105. The summed E-state index contributed by atoms with van der Waals surface area (Å²) in [5.41, 5.74) is 3.36. The second kappa shape index (κ2) is 12.3. The summed E-state index contributed by atoms with van der Waals surface area (Å²) in [5.74, 6) is 0.719. The molecule has 2 N–H and O–H groups in total. The number of nitrogens with one attached hydrogen (secondary N) is 1. The van der Waals surface area contributed by atoms with Crippen LogP contribution in [0.5, 0.6) is 5.75 Å². The number of amides is 1. The number of fused-ring (bicyclic) bond motifs is 1. The van der Waals surface area contributed by atoms with Crippen LogP contribution >= 0.6 is 0 Å². The Morgan fingerprint density at radius 3 is 2.34 bits per heavy atom. The lowest BCUT2D eigenvalue weighted by Gasteiger charge is -2.35. The van der Waals surface area contributed by atoms with Crippen molar-refractivity contribution in [2.24, 2.45) is 5.92 Å². The molecule has 0 saturated heterocycles. The minimum absolute atomic E-state index is 0.100. The molecule has 1 heterocycles. The number of benzene rings is 3. The van der Waals surface area contributed by atoms with Crippen molar-refractivity contribution in [3.63, 3.8) is 0 Å². The number of rotatable bonds is 12. The summed E-state index contributed by atoms with van der Waals surface area (Å²) in [4.78, 5) is 25.2. The number of nitrogens with zero attached hydrogens (tertiary/aromatic N) is 1. The van der Waals surface area contributed by atoms with Gasteiger partial charge in [-0.2, -0.15) is 0 Å². The average Bonchev–Trinajstić information content (AvgIpc) is 3.35. The maximum absolute atomic E-state index is 12.3. The Labute approximate surface area is 223 Å². The molecule has 4 aromatic rings. The van der Waals surface area contributed by atoms with Gasteiger partial charge in [0.25, 0.3) is 5.91 Å². The number of furan rings is 1. The smallest absolute Gasteiger partial charge is 0.305 e. The van der Waals surface area contributed by atoms with E-state index in [0.29, 0.717) is 18.1 Å². The molecule has 0 bridgehead atoms. The third-order valence-corrected chi connectivity index (χ3v) is 6.58. The molecule has 1 atom stereocenters. The molecule has 0 unspecified atom stereocenters. The number of carbonyl (C=O) groups is 2. The number of carboxylic acid groups (broad SMARTS) is 1. The number of carbonyl (C=O) groups excluding carboxylic acids is 1. The number of ether oxygens (including phenoxy) is 1. The SMILES string of the molecule is CCN(c1ccc(C(=O)NCCC(=O)O)cc1)[C@H](COc1ccc(-c2cc3ccccc3o2)cc1)C(C)C. The van der Waals surface area contributed by atoms with E-state index in [1.54, 1.807) is 12.1 Å². The van der Waals surface area contributed by atoms with Gasteiger partial charge in [0, 0.05) is 35.3 Å². The number of anilines is 1. The summed E-state index contributed by atoms with van der Waals surface area (Å²) in [5, 5.41) is 12.5.